The van der Waals surface area contributed by atoms with E-state index in [0.29, 0.717) is 12.8 Å². The van der Waals surface area contributed by atoms with Crippen molar-refractivity contribution in [2.45, 2.75) is 205 Å². The molecule has 2 atom stereocenters. The van der Waals surface area contributed by atoms with Gasteiger partial charge in [-0.05, 0) is 19.3 Å². The normalized spacial score (nSPS) is 12.8. The molecule has 0 saturated carbocycles. The number of aliphatic hydroxyl groups excluding tert-OH is 2. The first-order valence-corrected chi connectivity index (χ1v) is 19.2. The zero-order chi connectivity index (χ0) is 31.8. The zero-order valence-corrected chi connectivity index (χ0v) is 29.0. The van der Waals surface area contributed by atoms with Crippen LogP contribution in [0.1, 0.15) is 187 Å². The minimum absolute atomic E-state index is 0.0349. The molecule has 0 unspecified atom stereocenters. The molecule has 0 aliphatic heterocycles. The molecule has 0 aliphatic rings. The summed E-state index contributed by atoms with van der Waals surface area (Å²) in [6, 6.07) is 5.74. The number of pyridine rings is 1. The van der Waals surface area contributed by atoms with Gasteiger partial charge in [0.2, 0.25) is 5.91 Å². The molecule has 0 bridgehead atoms. The number of unbranched alkanes of at least 4 members (excludes halogenated alkanes) is 24. The molecular formula is C39H73N2O3+. The Morgan fingerprint density at radius 1 is 0.591 bits per heavy atom. The first kappa shape index (κ1) is 40.6. The SMILES string of the molecule is CCCCCCCCCCCCCCC[C@@H](O)[C@@H](CO)NC(=O)CCCCCCCCCCCCCCC[n+]1ccccc1. The Labute approximate surface area is 273 Å². The molecule has 0 saturated heterocycles. The molecule has 1 heterocycles. The molecule has 0 aliphatic carbocycles. The lowest BCUT2D eigenvalue weighted by Crippen LogP contribution is -2.45. The Kier molecular flexibility index (Phi) is 29.1. The Bertz CT molecular complexity index is 729. The number of aromatic nitrogens is 1. The van der Waals surface area contributed by atoms with Crippen molar-refractivity contribution in [1.29, 1.82) is 0 Å². The number of carbonyl (C=O) groups excluding carboxylic acids is 1. The summed E-state index contributed by atoms with van der Waals surface area (Å²) in [4.78, 5) is 12.4. The molecule has 5 heteroatoms. The van der Waals surface area contributed by atoms with Crippen LogP contribution in [-0.2, 0) is 11.3 Å². The highest BCUT2D eigenvalue weighted by atomic mass is 16.3. The minimum atomic E-state index is -0.657. The van der Waals surface area contributed by atoms with Crippen molar-refractivity contribution in [3.8, 4) is 0 Å². The third-order valence-corrected chi connectivity index (χ3v) is 9.21. The molecule has 256 valence electrons. The highest BCUT2D eigenvalue weighted by molar-refractivity contribution is 5.76. The fourth-order valence-electron chi connectivity index (χ4n) is 6.22. The van der Waals surface area contributed by atoms with E-state index in [9.17, 15) is 15.0 Å². The maximum absolute atomic E-state index is 12.4. The van der Waals surface area contributed by atoms with Gasteiger partial charge in [-0.25, -0.2) is 4.57 Å². The van der Waals surface area contributed by atoms with E-state index >= 15 is 0 Å². The summed E-state index contributed by atoms with van der Waals surface area (Å²) in [7, 11) is 0. The van der Waals surface area contributed by atoms with Crippen LogP contribution in [0.5, 0.6) is 0 Å². The van der Waals surface area contributed by atoms with Crippen molar-refractivity contribution in [1.82, 2.24) is 5.32 Å². The van der Waals surface area contributed by atoms with E-state index in [1.807, 2.05) is 0 Å². The molecule has 1 aromatic heterocycles. The van der Waals surface area contributed by atoms with E-state index in [1.54, 1.807) is 0 Å². The quantitative estimate of drug-likeness (QED) is 0.0543. The van der Waals surface area contributed by atoms with Crippen molar-refractivity contribution in [2.24, 2.45) is 0 Å². The fraction of sp³-hybridized carbons (Fsp3) is 0.846. The number of hydrogen-bond donors (Lipinski definition) is 3. The highest BCUT2D eigenvalue weighted by Gasteiger charge is 2.20. The van der Waals surface area contributed by atoms with Crippen molar-refractivity contribution >= 4 is 5.91 Å². The van der Waals surface area contributed by atoms with E-state index in [1.165, 1.54) is 141 Å². The van der Waals surface area contributed by atoms with Crippen LogP contribution in [0, 0.1) is 0 Å². The number of nitrogens with one attached hydrogen (secondary N) is 1. The Morgan fingerprint density at radius 2 is 1.00 bits per heavy atom. The van der Waals surface area contributed by atoms with E-state index in [0.717, 1.165) is 32.2 Å². The highest BCUT2D eigenvalue weighted by Crippen LogP contribution is 2.15. The number of aryl methyl sites for hydroxylation is 1. The average molecular weight is 618 g/mol. The second-order valence-electron chi connectivity index (χ2n) is 13.4. The first-order valence-electron chi connectivity index (χ1n) is 19.2. The van der Waals surface area contributed by atoms with E-state index in [4.69, 9.17) is 0 Å². The Morgan fingerprint density at radius 3 is 1.45 bits per heavy atom. The summed E-state index contributed by atoms with van der Waals surface area (Å²) < 4.78 is 2.27. The molecule has 1 rings (SSSR count). The lowest BCUT2D eigenvalue weighted by atomic mass is 10.0. The predicted octanol–water partition coefficient (Wildman–Crippen LogP) is 9.75. The lowest BCUT2D eigenvalue weighted by molar-refractivity contribution is -0.697. The van der Waals surface area contributed by atoms with E-state index < -0.39 is 12.1 Å². The molecule has 1 aromatic rings. The van der Waals surface area contributed by atoms with Crippen molar-refractivity contribution in [2.75, 3.05) is 6.61 Å². The topological polar surface area (TPSA) is 73.4 Å². The van der Waals surface area contributed by atoms with Crippen LogP contribution in [0.25, 0.3) is 0 Å². The number of amides is 1. The third-order valence-electron chi connectivity index (χ3n) is 9.21. The van der Waals surface area contributed by atoms with Gasteiger partial charge in [0, 0.05) is 25.0 Å². The minimum Gasteiger partial charge on any atom is -0.394 e. The summed E-state index contributed by atoms with van der Waals surface area (Å²) in [5.74, 6) is -0.0349. The number of rotatable bonds is 33. The van der Waals surface area contributed by atoms with Gasteiger partial charge in [0.1, 0.15) is 6.54 Å². The maximum Gasteiger partial charge on any atom is 0.220 e. The smallest absolute Gasteiger partial charge is 0.220 e. The standard InChI is InChI=1S/C39H72N2O3/c1-2-3-4-5-6-7-8-10-13-16-19-22-26-31-38(43)37(36-42)40-39(44)32-27-23-20-17-14-11-9-12-15-18-21-24-28-33-41-34-29-25-30-35-41/h25,29-30,34-35,37-38,42-43H,2-24,26-28,31-33,36H2,1H3/p+1/t37-,38-/m1/s1. The third kappa shape index (κ3) is 25.8. The zero-order valence-electron chi connectivity index (χ0n) is 29.0. The van der Waals surface area contributed by atoms with Gasteiger partial charge in [0.25, 0.3) is 0 Å². The van der Waals surface area contributed by atoms with Crippen LogP contribution in [-0.4, -0.2) is 34.9 Å². The van der Waals surface area contributed by atoms with Crippen LogP contribution >= 0.6 is 0 Å². The van der Waals surface area contributed by atoms with Crippen molar-refractivity contribution < 1.29 is 19.6 Å². The van der Waals surface area contributed by atoms with Gasteiger partial charge < -0.3 is 15.5 Å². The van der Waals surface area contributed by atoms with Crippen LogP contribution in [0.2, 0.25) is 0 Å². The summed E-state index contributed by atoms with van der Waals surface area (Å²) in [5.41, 5.74) is 0. The van der Waals surface area contributed by atoms with Gasteiger partial charge >= 0.3 is 0 Å². The first-order chi connectivity index (χ1) is 21.7. The average Bonchev–Trinajstić information content (AvgIpc) is 3.04. The fourth-order valence-corrected chi connectivity index (χ4v) is 6.22. The summed E-state index contributed by atoms with van der Waals surface area (Å²) in [5, 5.41) is 23.1. The lowest BCUT2D eigenvalue weighted by Gasteiger charge is -2.22. The molecular weight excluding hydrogens is 544 g/mol. The molecule has 5 nitrogen and oxygen atoms in total. The predicted molar refractivity (Wildman–Crippen MR) is 187 cm³/mol. The maximum atomic E-state index is 12.4. The molecule has 0 aromatic carbocycles. The van der Waals surface area contributed by atoms with Gasteiger partial charge in [-0.3, -0.25) is 4.79 Å². The largest absolute Gasteiger partial charge is 0.394 e. The Balaban J connectivity index is 1.85. The van der Waals surface area contributed by atoms with Gasteiger partial charge in [-0.15, -0.1) is 0 Å². The van der Waals surface area contributed by atoms with Crippen molar-refractivity contribution in [3.05, 3.63) is 30.6 Å². The van der Waals surface area contributed by atoms with E-state index in [-0.39, 0.29) is 12.5 Å². The van der Waals surface area contributed by atoms with Gasteiger partial charge in [0.15, 0.2) is 12.4 Å². The molecule has 3 N–H and O–H groups in total. The summed E-state index contributed by atoms with van der Waals surface area (Å²) in [6.45, 7) is 3.21. The molecule has 1 amide bonds. The molecule has 0 fully saturated rings. The molecule has 0 radical (unpaired) electrons. The number of aliphatic hydroxyl groups is 2. The van der Waals surface area contributed by atoms with Crippen LogP contribution < -0.4 is 9.88 Å². The number of carbonyl (C=O) groups is 1. The van der Waals surface area contributed by atoms with E-state index in [2.05, 4.69) is 47.4 Å². The van der Waals surface area contributed by atoms with Gasteiger partial charge in [-0.2, -0.15) is 0 Å². The second kappa shape index (κ2) is 31.5. The number of hydrogen-bond acceptors (Lipinski definition) is 3. The van der Waals surface area contributed by atoms with Crippen LogP contribution in [0.4, 0.5) is 0 Å². The van der Waals surface area contributed by atoms with Crippen molar-refractivity contribution in [3.63, 3.8) is 0 Å². The molecule has 44 heavy (non-hydrogen) atoms. The Hall–Kier alpha value is -1.46. The van der Waals surface area contributed by atoms with Gasteiger partial charge in [-0.1, -0.05) is 161 Å². The summed E-state index contributed by atoms with van der Waals surface area (Å²) >= 11 is 0. The summed E-state index contributed by atoms with van der Waals surface area (Å²) in [6.07, 6.45) is 38.2. The van der Waals surface area contributed by atoms with Crippen LogP contribution in [0.3, 0.4) is 0 Å². The van der Waals surface area contributed by atoms with Gasteiger partial charge in [0.05, 0.1) is 18.8 Å². The van der Waals surface area contributed by atoms with Crippen LogP contribution in [0.15, 0.2) is 30.6 Å². The molecule has 0 spiro atoms. The monoisotopic (exact) mass is 618 g/mol. The second-order valence-corrected chi connectivity index (χ2v) is 13.4. The number of nitrogens with zero attached hydrogens (tertiary/aromatic N) is 1.